The molecule has 1 aromatic heterocycles. The standard InChI is InChI=1S/C22H32N4O2/c1-24-12-7-19(16-24)26-17-22(8-6-21(26)28)9-13-25(14-10-22)20(27)5-4-18-3-2-11-23-15-18/h2-3,11,15,19H,4-10,12-14,16-17H2,1H3/t19-/m0/s1. The average molecular weight is 385 g/mol. The molecule has 4 heterocycles. The number of rotatable bonds is 4. The van der Waals surface area contributed by atoms with Gasteiger partial charge in [-0.25, -0.2) is 0 Å². The number of nitrogens with zero attached hydrogens (tertiary/aromatic N) is 4. The van der Waals surface area contributed by atoms with Gasteiger partial charge in [-0.05, 0) is 62.7 Å². The maximum absolute atomic E-state index is 12.6. The molecule has 3 aliphatic heterocycles. The van der Waals surface area contributed by atoms with Gasteiger partial charge in [0.1, 0.15) is 0 Å². The minimum Gasteiger partial charge on any atom is -0.343 e. The van der Waals surface area contributed by atoms with E-state index >= 15 is 0 Å². The largest absolute Gasteiger partial charge is 0.343 e. The van der Waals surface area contributed by atoms with Gasteiger partial charge in [0.05, 0.1) is 0 Å². The third kappa shape index (κ3) is 4.22. The molecule has 6 heteroatoms. The number of carbonyl (C=O) groups excluding carboxylic acids is 2. The van der Waals surface area contributed by atoms with Crippen molar-refractivity contribution < 1.29 is 9.59 Å². The second kappa shape index (κ2) is 8.19. The van der Waals surface area contributed by atoms with Crippen molar-refractivity contribution in [1.82, 2.24) is 19.7 Å². The van der Waals surface area contributed by atoms with Crippen molar-refractivity contribution in [1.29, 1.82) is 0 Å². The number of likely N-dealkylation sites (N-methyl/N-ethyl adjacent to an activating group) is 1. The van der Waals surface area contributed by atoms with Gasteiger partial charge >= 0.3 is 0 Å². The Kier molecular flexibility index (Phi) is 5.67. The number of aryl methyl sites for hydroxylation is 1. The first-order valence-corrected chi connectivity index (χ1v) is 10.7. The normalized spacial score (nSPS) is 25.5. The zero-order valence-electron chi connectivity index (χ0n) is 17.0. The molecule has 6 nitrogen and oxygen atoms in total. The van der Waals surface area contributed by atoms with E-state index in [1.165, 1.54) is 0 Å². The van der Waals surface area contributed by atoms with Crippen molar-refractivity contribution in [3.8, 4) is 0 Å². The Hall–Kier alpha value is -1.95. The van der Waals surface area contributed by atoms with Crippen LogP contribution in [0.25, 0.3) is 0 Å². The van der Waals surface area contributed by atoms with E-state index in [-0.39, 0.29) is 11.3 Å². The molecule has 0 aromatic carbocycles. The molecule has 0 bridgehead atoms. The topological polar surface area (TPSA) is 56.8 Å². The van der Waals surface area contributed by atoms with E-state index in [4.69, 9.17) is 0 Å². The molecular weight excluding hydrogens is 352 g/mol. The van der Waals surface area contributed by atoms with Crippen LogP contribution in [0.2, 0.25) is 0 Å². The Morgan fingerprint density at radius 2 is 2.07 bits per heavy atom. The molecule has 2 amide bonds. The maximum atomic E-state index is 12.6. The van der Waals surface area contributed by atoms with E-state index in [0.717, 1.165) is 70.4 Å². The summed E-state index contributed by atoms with van der Waals surface area (Å²) in [6, 6.07) is 4.33. The Bertz CT molecular complexity index is 700. The van der Waals surface area contributed by atoms with Gasteiger partial charge in [0, 0.05) is 57.5 Å². The quantitative estimate of drug-likeness (QED) is 0.796. The van der Waals surface area contributed by atoms with E-state index in [9.17, 15) is 9.59 Å². The lowest BCUT2D eigenvalue weighted by molar-refractivity contribution is -0.144. The number of pyridine rings is 1. The summed E-state index contributed by atoms with van der Waals surface area (Å²) < 4.78 is 0. The number of hydrogen-bond donors (Lipinski definition) is 0. The fourth-order valence-corrected chi connectivity index (χ4v) is 5.14. The first-order chi connectivity index (χ1) is 13.5. The van der Waals surface area contributed by atoms with Gasteiger partial charge in [-0.3, -0.25) is 14.6 Å². The second-order valence-electron chi connectivity index (χ2n) is 8.97. The molecular formula is C22H32N4O2. The Morgan fingerprint density at radius 3 is 2.75 bits per heavy atom. The summed E-state index contributed by atoms with van der Waals surface area (Å²) in [6.07, 6.45) is 9.72. The van der Waals surface area contributed by atoms with Gasteiger partial charge in [-0.2, -0.15) is 0 Å². The van der Waals surface area contributed by atoms with Crippen molar-refractivity contribution in [2.24, 2.45) is 5.41 Å². The van der Waals surface area contributed by atoms with E-state index in [2.05, 4.69) is 21.8 Å². The van der Waals surface area contributed by atoms with Crippen LogP contribution >= 0.6 is 0 Å². The highest BCUT2D eigenvalue weighted by Gasteiger charge is 2.44. The summed E-state index contributed by atoms with van der Waals surface area (Å²) >= 11 is 0. The van der Waals surface area contributed by atoms with Gasteiger partial charge in [0.15, 0.2) is 0 Å². The number of piperidine rings is 2. The minimum absolute atomic E-state index is 0.217. The predicted octanol–water partition coefficient (Wildman–Crippen LogP) is 1.95. The summed E-state index contributed by atoms with van der Waals surface area (Å²) in [5.41, 5.74) is 1.34. The molecule has 0 aliphatic carbocycles. The summed E-state index contributed by atoms with van der Waals surface area (Å²) in [5.74, 6) is 0.584. The van der Waals surface area contributed by atoms with Crippen LogP contribution in [-0.4, -0.2) is 77.3 Å². The van der Waals surface area contributed by atoms with Crippen LogP contribution < -0.4 is 0 Å². The third-order valence-electron chi connectivity index (χ3n) is 7.03. The average Bonchev–Trinajstić information content (AvgIpc) is 3.16. The molecule has 28 heavy (non-hydrogen) atoms. The van der Waals surface area contributed by atoms with Gasteiger partial charge in [-0.15, -0.1) is 0 Å². The molecule has 3 aliphatic rings. The van der Waals surface area contributed by atoms with Crippen molar-refractivity contribution in [3.05, 3.63) is 30.1 Å². The Labute approximate surface area is 167 Å². The van der Waals surface area contributed by atoms with E-state index < -0.39 is 0 Å². The number of amides is 2. The van der Waals surface area contributed by atoms with Crippen molar-refractivity contribution >= 4 is 11.8 Å². The third-order valence-corrected chi connectivity index (χ3v) is 7.03. The molecule has 1 spiro atoms. The lowest BCUT2D eigenvalue weighted by atomic mass is 9.72. The number of likely N-dealkylation sites (tertiary alicyclic amines) is 3. The minimum atomic E-state index is 0.217. The molecule has 3 saturated heterocycles. The van der Waals surface area contributed by atoms with Crippen LogP contribution in [0.5, 0.6) is 0 Å². The summed E-state index contributed by atoms with van der Waals surface area (Å²) in [6.45, 7) is 4.64. The number of carbonyl (C=O) groups is 2. The molecule has 1 atom stereocenters. The van der Waals surface area contributed by atoms with Gasteiger partial charge in [0.2, 0.25) is 11.8 Å². The molecule has 0 unspecified atom stereocenters. The second-order valence-corrected chi connectivity index (χ2v) is 8.97. The fourth-order valence-electron chi connectivity index (χ4n) is 5.14. The summed E-state index contributed by atoms with van der Waals surface area (Å²) in [5, 5.41) is 0. The lowest BCUT2D eigenvalue weighted by Crippen LogP contribution is -2.55. The molecule has 152 valence electrons. The monoisotopic (exact) mass is 384 g/mol. The van der Waals surface area contributed by atoms with Crippen molar-refractivity contribution in [2.45, 2.75) is 51.0 Å². The SMILES string of the molecule is CN1CC[C@H](N2CC3(CCC2=O)CCN(C(=O)CCc2cccnc2)CC3)C1. The zero-order valence-corrected chi connectivity index (χ0v) is 17.0. The van der Waals surface area contributed by atoms with Crippen LogP contribution in [0.15, 0.2) is 24.5 Å². The van der Waals surface area contributed by atoms with Crippen LogP contribution in [0.1, 0.15) is 44.1 Å². The number of hydrogen-bond acceptors (Lipinski definition) is 4. The first kappa shape index (κ1) is 19.4. The van der Waals surface area contributed by atoms with Crippen LogP contribution in [0.4, 0.5) is 0 Å². The van der Waals surface area contributed by atoms with Crippen molar-refractivity contribution in [3.63, 3.8) is 0 Å². The Balaban J connectivity index is 1.30. The molecule has 0 saturated carbocycles. The fraction of sp³-hybridized carbons (Fsp3) is 0.682. The smallest absolute Gasteiger partial charge is 0.222 e. The van der Waals surface area contributed by atoms with Crippen LogP contribution in [0.3, 0.4) is 0 Å². The maximum Gasteiger partial charge on any atom is 0.222 e. The zero-order chi connectivity index (χ0) is 19.6. The molecule has 3 fully saturated rings. The van der Waals surface area contributed by atoms with Crippen LogP contribution in [-0.2, 0) is 16.0 Å². The lowest BCUT2D eigenvalue weighted by Gasteiger charge is -2.49. The van der Waals surface area contributed by atoms with E-state index in [1.54, 1.807) is 6.20 Å². The highest BCUT2D eigenvalue weighted by atomic mass is 16.2. The summed E-state index contributed by atoms with van der Waals surface area (Å²) in [4.78, 5) is 35.8. The number of aromatic nitrogens is 1. The molecule has 0 radical (unpaired) electrons. The first-order valence-electron chi connectivity index (χ1n) is 10.7. The van der Waals surface area contributed by atoms with E-state index in [1.807, 2.05) is 23.2 Å². The predicted molar refractivity (Wildman–Crippen MR) is 108 cm³/mol. The highest BCUT2D eigenvalue weighted by molar-refractivity contribution is 5.78. The van der Waals surface area contributed by atoms with Gasteiger partial charge in [0.25, 0.3) is 0 Å². The van der Waals surface area contributed by atoms with E-state index in [0.29, 0.717) is 24.8 Å². The molecule has 0 N–H and O–H groups in total. The van der Waals surface area contributed by atoms with Gasteiger partial charge < -0.3 is 14.7 Å². The van der Waals surface area contributed by atoms with Crippen molar-refractivity contribution in [2.75, 3.05) is 39.8 Å². The summed E-state index contributed by atoms with van der Waals surface area (Å²) in [7, 11) is 2.14. The van der Waals surface area contributed by atoms with Gasteiger partial charge in [-0.1, -0.05) is 6.07 Å². The van der Waals surface area contributed by atoms with Crippen LogP contribution in [0, 0.1) is 5.41 Å². The molecule has 4 rings (SSSR count). The highest BCUT2D eigenvalue weighted by Crippen LogP contribution is 2.41. The Morgan fingerprint density at radius 1 is 1.25 bits per heavy atom. The molecule has 1 aromatic rings.